The van der Waals surface area contributed by atoms with Crippen molar-refractivity contribution < 1.29 is 4.79 Å². The van der Waals surface area contributed by atoms with Crippen molar-refractivity contribution in [3.8, 4) is 0 Å². The third kappa shape index (κ3) is 5.40. The van der Waals surface area contributed by atoms with E-state index in [9.17, 15) is 4.79 Å². The zero-order valence-electron chi connectivity index (χ0n) is 15.4. The Labute approximate surface area is 151 Å². The zero-order chi connectivity index (χ0) is 17.5. The van der Waals surface area contributed by atoms with Crippen LogP contribution in [0.4, 0.5) is 0 Å². The predicted octanol–water partition coefficient (Wildman–Crippen LogP) is 3.64. The first-order valence-corrected chi connectivity index (χ1v) is 9.78. The minimum Gasteiger partial charge on any atom is -0.339 e. The molecule has 4 heteroatoms. The molecule has 4 nitrogen and oxygen atoms in total. The zero-order valence-corrected chi connectivity index (χ0v) is 15.4. The molecule has 0 bridgehead atoms. The van der Waals surface area contributed by atoms with E-state index in [0.29, 0.717) is 12.0 Å². The maximum Gasteiger partial charge on any atom is 0.246 e. The minimum absolute atomic E-state index is 0.179. The minimum atomic E-state index is 0.179. The van der Waals surface area contributed by atoms with E-state index in [1.807, 2.05) is 30.4 Å². The van der Waals surface area contributed by atoms with Crippen molar-refractivity contribution in [2.75, 3.05) is 20.1 Å². The monoisotopic (exact) mass is 341 g/mol. The Morgan fingerprint density at radius 3 is 2.52 bits per heavy atom. The number of carbonyl (C=O) groups excluding carboxylic acids is 1. The second kappa shape index (κ2) is 9.14. The van der Waals surface area contributed by atoms with Crippen LogP contribution in [0.15, 0.2) is 36.7 Å². The topological polar surface area (TPSA) is 36.4 Å². The summed E-state index contributed by atoms with van der Waals surface area (Å²) in [4.78, 5) is 21.0. The fourth-order valence-electron chi connectivity index (χ4n) is 4.05. The fraction of sp³-hybridized carbons (Fsp3) is 0.619. The van der Waals surface area contributed by atoms with E-state index in [-0.39, 0.29) is 5.91 Å². The standard InChI is InChI=1S/C21H31N3O/c1-23(21(25)8-7-18-5-3-2-4-6-18)20-11-15-24(16-12-20)17-19-9-13-22-14-10-19/h7-10,13-14,18,20H,2-6,11-12,15-17H2,1H3/b8-7-. The highest BCUT2D eigenvalue weighted by molar-refractivity contribution is 5.87. The summed E-state index contributed by atoms with van der Waals surface area (Å²) in [7, 11) is 1.97. The van der Waals surface area contributed by atoms with Gasteiger partial charge < -0.3 is 4.90 Å². The first kappa shape index (κ1) is 18.1. The molecule has 1 saturated carbocycles. The molecular formula is C21H31N3O. The third-order valence-corrected chi connectivity index (χ3v) is 5.77. The molecule has 2 aliphatic rings. The van der Waals surface area contributed by atoms with Gasteiger partial charge in [-0.1, -0.05) is 25.3 Å². The average molecular weight is 341 g/mol. The first-order valence-electron chi connectivity index (χ1n) is 9.78. The van der Waals surface area contributed by atoms with Crippen molar-refractivity contribution in [1.29, 1.82) is 0 Å². The molecule has 1 amide bonds. The number of piperidine rings is 1. The highest BCUT2D eigenvalue weighted by Gasteiger charge is 2.24. The van der Waals surface area contributed by atoms with Crippen LogP contribution in [0.3, 0.4) is 0 Å². The summed E-state index contributed by atoms with van der Waals surface area (Å²) in [6.45, 7) is 3.09. The number of carbonyl (C=O) groups is 1. The van der Waals surface area contributed by atoms with Crippen LogP contribution in [0.2, 0.25) is 0 Å². The Hall–Kier alpha value is -1.68. The van der Waals surface area contributed by atoms with Gasteiger partial charge in [-0.05, 0) is 55.4 Å². The number of pyridine rings is 1. The van der Waals surface area contributed by atoms with Crippen LogP contribution in [-0.4, -0.2) is 46.9 Å². The van der Waals surface area contributed by atoms with E-state index >= 15 is 0 Å². The Morgan fingerprint density at radius 1 is 1.16 bits per heavy atom. The summed E-state index contributed by atoms with van der Waals surface area (Å²) < 4.78 is 0. The molecule has 1 saturated heterocycles. The number of allylic oxidation sites excluding steroid dienone is 1. The molecule has 1 aliphatic heterocycles. The number of hydrogen-bond donors (Lipinski definition) is 0. The van der Waals surface area contributed by atoms with Crippen LogP contribution in [0.5, 0.6) is 0 Å². The third-order valence-electron chi connectivity index (χ3n) is 5.77. The molecule has 0 unspecified atom stereocenters. The van der Waals surface area contributed by atoms with Gasteiger partial charge >= 0.3 is 0 Å². The Bertz CT molecular complexity index is 558. The number of rotatable bonds is 5. The van der Waals surface area contributed by atoms with E-state index in [0.717, 1.165) is 32.5 Å². The number of hydrogen-bond acceptors (Lipinski definition) is 3. The van der Waals surface area contributed by atoms with Gasteiger partial charge in [0.2, 0.25) is 5.91 Å². The molecule has 0 aromatic carbocycles. The molecule has 1 aromatic rings. The van der Waals surface area contributed by atoms with Gasteiger partial charge in [0.05, 0.1) is 0 Å². The summed E-state index contributed by atoms with van der Waals surface area (Å²) in [6, 6.07) is 4.53. The lowest BCUT2D eigenvalue weighted by Crippen LogP contribution is -2.44. The van der Waals surface area contributed by atoms with Gasteiger partial charge in [-0.2, -0.15) is 0 Å². The number of likely N-dealkylation sites (N-methyl/N-ethyl adjacent to an activating group) is 1. The van der Waals surface area contributed by atoms with Gasteiger partial charge in [0.15, 0.2) is 0 Å². The van der Waals surface area contributed by atoms with Crippen molar-refractivity contribution in [1.82, 2.24) is 14.8 Å². The van der Waals surface area contributed by atoms with Gasteiger partial charge in [0, 0.05) is 45.1 Å². The molecule has 3 rings (SSSR count). The number of aromatic nitrogens is 1. The Kier molecular flexibility index (Phi) is 6.62. The summed E-state index contributed by atoms with van der Waals surface area (Å²) in [6.07, 6.45) is 16.3. The molecule has 136 valence electrons. The predicted molar refractivity (Wildman–Crippen MR) is 101 cm³/mol. The highest BCUT2D eigenvalue weighted by Crippen LogP contribution is 2.25. The lowest BCUT2D eigenvalue weighted by atomic mass is 9.89. The number of amides is 1. The molecule has 0 radical (unpaired) electrons. The van der Waals surface area contributed by atoms with Crippen molar-refractivity contribution in [2.24, 2.45) is 5.92 Å². The SMILES string of the molecule is CN(C(=O)/C=C\C1CCCCC1)C1CCN(Cc2ccncc2)CC1. The van der Waals surface area contributed by atoms with E-state index in [2.05, 4.69) is 28.1 Å². The highest BCUT2D eigenvalue weighted by atomic mass is 16.2. The van der Waals surface area contributed by atoms with Crippen molar-refractivity contribution in [3.05, 3.63) is 42.2 Å². The lowest BCUT2D eigenvalue weighted by Gasteiger charge is -2.36. The molecule has 25 heavy (non-hydrogen) atoms. The molecule has 1 aromatic heterocycles. The Morgan fingerprint density at radius 2 is 1.84 bits per heavy atom. The van der Waals surface area contributed by atoms with Crippen molar-refractivity contribution in [3.63, 3.8) is 0 Å². The molecule has 2 fully saturated rings. The lowest BCUT2D eigenvalue weighted by molar-refractivity contribution is -0.127. The number of nitrogens with zero attached hydrogens (tertiary/aromatic N) is 3. The van der Waals surface area contributed by atoms with Gasteiger partial charge in [0.1, 0.15) is 0 Å². The van der Waals surface area contributed by atoms with E-state index in [4.69, 9.17) is 0 Å². The summed E-state index contributed by atoms with van der Waals surface area (Å²) >= 11 is 0. The van der Waals surface area contributed by atoms with E-state index in [1.165, 1.54) is 37.7 Å². The largest absolute Gasteiger partial charge is 0.339 e. The van der Waals surface area contributed by atoms with Crippen LogP contribution in [0.1, 0.15) is 50.5 Å². The molecule has 0 atom stereocenters. The fourth-order valence-corrected chi connectivity index (χ4v) is 4.05. The van der Waals surface area contributed by atoms with Gasteiger partial charge in [-0.15, -0.1) is 0 Å². The summed E-state index contributed by atoms with van der Waals surface area (Å²) in [5.74, 6) is 0.798. The van der Waals surface area contributed by atoms with Crippen LogP contribution >= 0.6 is 0 Å². The van der Waals surface area contributed by atoms with E-state index in [1.54, 1.807) is 0 Å². The second-order valence-electron chi connectivity index (χ2n) is 7.57. The smallest absolute Gasteiger partial charge is 0.246 e. The van der Waals surface area contributed by atoms with Crippen molar-refractivity contribution >= 4 is 5.91 Å². The van der Waals surface area contributed by atoms with E-state index < -0.39 is 0 Å². The average Bonchev–Trinajstić information content (AvgIpc) is 2.68. The van der Waals surface area contributed by atoms with Gasteiger partial charge in [0.25, 0.3) is 0 Å². The molecule has 0 spiro atoms. The van der Waals surface area contributed by atoms with Crippen LogP contribution < -0.4 is 0 Å². The maximum atomic E-state index is 12.5. The van der Waals surface area contributed by atoms with Crippen LogP contribution in [-0.2, 0) is 11.3 Å². The van der Waals surface area contributed by atoms with Gasteiger partial charge in [-0.3, -0.25) is 14.7 Å². The van der Waals surface area contributed by atoms with Crippen LogP contribution in [0, 0.1) is 5.92 Å². The normalized spacial score (nSPS) is 20.8. The molecule has 1 aliphatic carbocycles. The molecule has 2 heterocycles. The summed E-state index contributed by atoms with van der Waals surface area (Å²) in [5.41, 5.74) is 1.31. The Balaban J connectivity index is 1.43. The second-order valence-corrected chi connectivity index (χ2v) is 7.57. The maximum absolute atomic E-state index is 12.5. The number of likely N-dealkylation sites (tertiary alicyclic amines) is 1. The summed E-state index contributed by atoms with van der Waals surface area (Å²) in [5, 5.41) is 0. The molecule has 0 N–H and O–H groups in total. The van der Waals surface area contributed by atoms with Crippen molar-refractivity contribution in [2.45, 2.75) is 57.5 Å². The van der Waals surface area contributed by atoms with Crippen LogP contribution in [0.25, 0.3) is 0 Å². The quantitative estimate of drug-likeness (QED) is 0.767. The van der Waals surface area contributed by atoms with Gasteiger partial charge in [-0.25, -0.2) is 0 Å². The first-order chi connectivity index (χ1) is 12.2. The molecular weight excluding hydrogens is 310 g/mol.